The lowest BCUT2D eigenvalue weighted by Crippen LogP contribution is -2.43. The van der Waals surface area contributed by atoms with Crippen LogP contribution in [-0.2, 0) is 19.8 Å². The molecular weight excluding hydrogens is 430 g/mol. The molecule has 2 aromatic carbocycles. The molecule has 1 fully saturated rings. The molecule has 1 amide bonds. The summed E-state index contributed by atoms with van der Waals surface area (Å²) in [5.41, 5.74) is 15.2. The zero-order chi connectivity index (χ0) is 23.7. The Balaban J connectivity index is 1.55. The SMILES string of the molecule is COCCOC1=CC(C(N)=O)=NN2C1=NC(c1ccc(C3(N)CCC3)cc1)C2c1ccccc1. The predicted octanol–water partition coefficient (Wildman–Crippen LogP) is 2.92. The van der Waals surface area contributed by atoms with Gasteiger partial charge in [0.05, 0.1) is 6.61 Å². The van der Waals surface area contributed by atoms with Crippen molar-refractivity contribution < 1.29 is 14.3 Å². The number of nitrogens with zero attached hydrogens (tertiary/aromatic N) is 3. The average molecular weight is 460 g/mol. The Morgan fingerprint density at radius 3 is 2.44 bits per heavy atom. The van der Waals surface area contributed by atoms with Crippen LogP contribution in [0.3, 0.4) is 0 Å². The Hall–Kier alpha value is -3.49. The van der Waals surface area contributed by atoms with Gasteiger partial charge < -0.3 is 20.9 Å². The van der Waals surface area contributed by atoms with E-state index in [1.807, 2.05) is 30.3 Å². The summed E-state index contributed by atoms with van der Waals surface area (Å²) < 4.78 is 11.0. The molecule has 0 aromatic heterocycles. The van der Waals surface area contributed by atoms with Crippen LogP contribution < -0.4 is 11.5 Å². The summed E-state index contributed by atoms with van der Waals surface area (Å²) in [5.74, 6) is 0.398. The first-order chi connectivity index (χ1) is 16.5. The first-order valence-corrected chi connectivity index (χ1v) is 11.5. The monoisotopic (exact) mass is 459 g/mol. The second-order valence-electron chi connectivity index (χ2n) is 8.93. The smallest absolute Gasteiger partial charge is 0.269 e. The third-order valence-corrected chi connectivity index (χ3v) is 6.76. The molecule has 2 aromatic rings. The summed E-state index contributed by atoms with van der Waals surface area (Å²) in [6.45, 7) is 0.719. The molecule has 8 heteroatoms. The quantitative estimate of drug-likeness (QED) is 0.589. The molecule has 0 spiro atoms. The van der Waals surface area contributed by atoms with Gasteiger partial charge in [-0.25, -0.2) is 5.01 Å². The minimum atomic E-state index is -0.625. The largest absolute Gasteiger partial charge is 0.487 e. The first-order valence-electron chi connectivity index (χ1n) is 11.5. The lowest BCUT2D eigenvalue weighted by molar-refractivity contribution is -0.112. The highest BCUT2D eigenvalue weighted by Crippen LogP contribution is 2.45. The highest BCUT2D eigenvalue weighted by Gasteiger charge is 2.43. The number of ether oxygens (including phenoxy) is 2. The van der Waals surface area contributed by atoms with Crippen molar-refractivity contribution in [2.24, 2.45) is 21.6 Å². The van der Waals surface area contributed by atoms with Crippen LogP contribution in [0.15, 0.2) is 76.5 Å². The maximum absolute atomic E-state index is 12.1. The summed E-state index contributed by atoms with van der Waals surface area (Å²) in [4.78, 5) is 17.1. The number of hydrogen-bond donors (Lipinski definition) is 2. The molecule has 1 aliphatic carbocycles. The Morgan fingerprint density at radius 1 is 1.09 bits per heavy atom. The van der Waals surface area contributed by atoms with Crippen molar-refractivity contribution in [3.63, 3.8) is 0 Å². The maximum atomic E-state index is 12.1. The summed E-state index contributed by atoms with van der Waals surface area (Å²) in [7, 11) is 1.61. The van der Waals surface area contributed by atoms with Gasteiger partial charge in [0.1, 0.15) is 18.7 Å². The van der Waals surface area contributed by atoms with Crippen LogP contribution in [0.4, 0.5) is 0 Å². The summed E-state index contributed by atoms with van der Waals surface area (Å²) in [5, 5.41) is 6.33. The molecule has 3 aliphatic rings. The molecule has 4 N–H and O–H groups in total. The molecule has 2 heterocycles. The van der Waals surface area contributed by atoms with Gasteiger partial charge >= 0.3 is 0 Å². The van der Waals surface area contributed by atoms with Crippen molar-refractivity contribution in [2.45, 2.75) is 36.9 Å². The van der Waals surface area contributed by atoms with Gasteiger partial charge in [-0.3, -0.25) is 9.79 Å². The van der Waals surface area contributed by atoms with E-state index in [1.165, 1.54) is 0 Å². The Bertz CT molecular complexity index is 1150. The number of amides is 1. The number of nitrogens with two attached hydrogens (primary N) is 2. The molecule has 5 rings (SSSR count). The average Bonchev–Trinajstić information content (AvgIpc) is 3.23. The number of hydrazone groups is 1. The van der Waals surface area contributed by atoms with Gasteiger partial charge in [0.2, 0.25) is 0 Å². The molecule has 0 saturated heterocycles. The van der Waals surface area contributed by atoms with E-state index in [1.54, 1.807) is 18.2 Å². The van der Waals surface area contributed by atoms with E-state index >= 15 is 0 Å². The molecule has 8 nitrogen and oxygen atoms in total. The van der Waals surface area contributed by atoms with Crippen molar-refractivity contribution in [3.05, 3.63) is 83.1 Å². The second-order valence-corrected chi connectivity index (χ2v) is 8.93. The van der Waals surface area contributed by atoms with E-state index in [-0.39, 0.29) is 23.3 Å². The second kappa shape index (κ2) is 9.04. The van der Waals surface area contributed by atoms with Gasteiger partial charge in [-0.2, -0.15) is 5.10 Å². The molecule has 2 aliphatic heterocycles. The van der Waals surface area contributed by atoms with E-state index in [4.69, 9.17) is 25.9 Å². The van der Waals surface area contributed by atoms with Crippen LogP contribution in [-0.4, -0.2) is 42.8 Å². The molecular formula is C26H29N5O3. The summed E-state index contributed by atoms with van der Waals surface area (Å²) in [6, 6.07) is 17.9. The predicted molar refractivity (Wildman–Crippen MR) is 130 cm³/mol. The first kappa shape index (κ1) is 22.3. The lowest BCUT2D eigenvalue weighted by atomic mass is 9.72. The van der Waals surface area contributed by atoms with Gasteiger partial charge in [-0.15, -0.1) is 0 Å². The van der Waals surface area contributed by atoms with Crippen LogP contribution in [0.2, 0.25) is 0 Å². The minimum Gasteiger partial charge on any atom is -0.487 e. The van der Waals surface area contributed by atoms with Crippen LogP contribution in [0.25, 0.3) is 0 Å². The number of fused-ring (bicyclic) bond motifs is 1. The van der Waals surface area contributed by atoms with Gasteiger partial charge in [-0.1, -0.05) is 54.6 Å². The number of aliphatic imine (C=N–C) groups is 1. The highest BCUT2D eigenvalue weighted by atomic mass is 16.5. The topological polar surface area (TPSA) is 116 Å². The summed E-state index contributed by atoms with van der Waals surface area (Å²) >= 11 is 0. The molecule has 1 saturated carbocycles. The van der Waals surface area contributed by atoms with E-state index in [0.29, 0.717) is 24.8 Å². The summed E-state index contributed by atoms with van der Waals surface area (Å²) in [6.07, 6.45) is 4.74. The fourth-order valence-electron chi connectivity index (χ4n) is 4.70. The Kier molecular flexibility index (Phi) is 5.93. The number of methoxy groups -OCH3 is 1. The van der Waals surface area contributed by atoms with Gasteiger partial charge in [0.15, 0.2) is 17.3 Å². The Morgan fingerprint density at radius 2 is 1.82 bits per heavy atom. The van der Waals surface area contributed by atoms with Gasteiger partial charge in [-0.05, 0) is 36.0 Å². The van der Waals surface area contributed by atoms with Crippen molar-refractivity contribution in [2.75, 3.05) is 20.3 Å². The van der Waals surface area contributed by atoms with Crippen LogP contribution in [0.5, 0.6) is 0 Å². The van der Waals surface area contributed by atoms with Crippen molar-refractivity contribution in [1.82, 2.24) is 5.01 Å². The fraction of sp³-hybridized carbons (Fsp3) is 0.346. The zero-order valence-electron chi connectivity index (χ0n) is 19.2. The zero-order valence-corrected chi connectivity index (χ0v) is 19.2. The Labute approximate surface area is 198 Å². The standard InChI is InChI=1S/C26H29N5O3/c1-33-14-15-34-21-16-20(24(27)32)30-31-23(18-6-3-2-4-7-18)22(29-25(21)31)17-8-10-19(11-9-17)26(28)12-5-13-26/h2-4,6-11,16,22-23H,5,12-15,28H2,1H3,(H2,27,32). The number of amidine groups is 1. The van der Waals surface area contributed by atoms with Gasteiger partial charge in [0.25, 0.3) is 5.91 Å². The number of carbonyl (C=O) groups is 1. The van der Waals surface area contributed by atoms with Crippen molar-refractivity contribution in [3.8, 4) is 0 Å². The maximum Gasteiger partial charge on any atom is 0.269 e. The van der Waals surface area contributed by atoms with E-state index in [2.05, 4.69) is 29.4 Å². The fourth-order valence-corrected chi connectivity index (χ4v) is 4.70. The molecule has 2 atom stereocenters. The van der Waals surface area contributed by atoms with Crippen LogP contribution in [0.1, 0.15) is 48.0 Å². The van der Waals surface area contributed by atoms with Gasteiger partial charge in [0, 0.05) is 18.7 Å². The number of rotatable bonds is 8. The van der Waals surface area contributed by atoms with E-state index in [0.717, 1.165) is 36.0 Å². The molecule has 0 radical (unpaired) electrons. The van der Waals surface area contributed by atoms with E-state index in [9.17, 15) is 4.79 Å². The van der Waals surface area contributed by atoms with Crippen molar-refractivity contribution in [1.29, 1.82) is 0 Å². The molecule has 176 valence electrons. The van der Waals surface area contributed by atoms with Crippen LogP contribution >= 0.6 is 0 Å². The molecule has 34 heavy (non-hydrogen) atoms. The third kappa shape index (κ3) is 3.99. The number of benzene rings is 2. The minimum absolute atomic E-state index is 0.123. The number of hydrogen-bond acceptors (Lipinski definition) is 7. The van der Waals surface area contributed by atoms with E-state index < -0.39 is 5.91 Å². The third-order valence-electron chi connectivity index (χ3n) is 6.76. The molecule has 2 unspecified atom stereocenters. The number of carbonyl (C=O) groups excluding carboxylic acids is 1. The normalized spacial score (nSPS) is 22.8. The van der Waals surface area contributed by atoms with Crippen molar-refractivity contribution >= 4 is 17.5 Å². The van der Waals surface area contributed by atoms with Crippen LogP contribution in [0, 0.1) is 0 Å². The molecule has 0 bridgehead atoms. The lowest BCUT2D eigenvalue weighted by Gasteiger charge is -2.38. The number of primary amides is 1. The highest BCUT2D eigenvalue weighted by molar-refractivity contribution is 6.44.